The van der Waals surface area contributed by atoms with Crippen molar-refractivity contribution >= 4 is 57.0 Å². The maximum Gasteiger partial charge on any atom is 0.134 e. The third-order valence-electron chi connectivity index (χ3n) is 4.18. The van der Waals surface area contributed by atoms with E-state index in [-0.39, 0.29) is 0 Å². The van der Waals surface area contributed by atoms with Gasteiger partial charge in [-0.3, -0.25) is 0 Å². The fraction of sp³-hybridized carbons (Fsp3) is 0. The predicted octanol–water partition coefficient (Wildman–Crippen LogP) is 7.33. The van der Waals surface area contributed by atoms with Gasteiger partial charge in [0, 0.05) is 21.0 Å². The fourth-order valence-electron chi connectivity index (χ4n) is 2.89. The van der Waals surface area contributed by atoms with Crippen LogP contribution in [0.3, 0.4) is 0 Å². The van der Waals surface area contributed by atoms with Gasteiger partial charge in [0.1, 0.15) is 11.1 Å². The van der Waals surface area contributed by atoms with Crippen molar-refractivity contribution in [1.29, 1.82) is 5.26 Å². The molecule has 1 heterocycles. The number of halogens is 2. The first-order valence-corrected chi connectivity index (χ1v) is 9.80. The number of allylic oxidation sites excluding steroid dienone is 1. The first-order valence-electron chi connectivity index (χ1n) is 8.16. The molecule has 0 aliphatic heterocycles. The third kappa shape index (κ3) is 3.61. The second-order valence-electron chi connectivity index (χ2n) is 5.90. The Kier molecular flexibility index (Phi) is 4.96. The van der Waals surface area contributed by atoms with Gasteiger partial charge in [-0.1, -0.05) is 71.7 Å². The number of hydrogen-bond acceptors (Lipinski definition) is 3. The number of nitriles is 1. The van der Waals surface area contributed by atoms with Gasteiger partial charge in [0.25, 0.3) is 0 Å². The largest absolute Gasteiger partial charge is 0.235 e. The number of thiazole rings is 1. The summed E-state index contributed by atoms with van der Waals surface area (Å²) in [6.07, 6.45) is 1.74. The molecule has 3 aromatic carbocycles. The molecule has 5 heteroatoms. The fourth-order valence-corrected chi connectivity index (χ4v) is 4.13. The first-order chi connectivity index (χ1) is 13.2. The molecule has 0 saturated carbocycles. The van der Waals surface area contributed by atoms with Crippen molar-refractivity contribution in [2.24, 2.45) is 0 Å². The second kappa shape index (κ2) is 7.54. The summed E-state index contributed by atoms with van der Waals surface area (Å²) in [7, 11) is 0. The van der Waals surface area contributed by atoms with Crippen molar-refractivity contribution in [3.05, 3.63) is 86.7 Å². The van der Waals surface area contributed by atoms with E-state index in [9.17, 15) is 5.26 Å². The van der Waals surface area contributed by atoms with Crippen molar-refractivity contribution in [3.63, 3.8) is 0 Å². The predicted molar refractivity (Wildman–Crippen MR) is 115 cm³/mol. The molecule has 4 rings (SSSR count). The van der Waals surface area contributed by atoms with Gasteiger partial charge in [0.15, 0.2) is 0 Å². The number of aromatic nitrogens is 1. The Hall–Kier alpha value is -2.64. The quantitative estimate of drug-likeness (QED) is 0.333. The first kappa shape index (κ1) is 17.8. The van der Waals surface area contributed by atoms with E-state index in [0.29, 0.717) is 20.6 Å². The molecule has 27 heavy (non-hydrogen) atoms. The molecule has 0 N–H and O–H groups in total. The lowest BCUT2D eigenvalue weighted by molar-refractivity contribution is 1.38. The lowest BCUT2D eigenvalue weighted by Crippen LogP contribution is -1.85. The van der Waals surface area contributed by atoms with Crippen molar-refractivity contribution in [3.8, 4) is 17.3 Å². The van der Waals surface area contributed by atoms with Gasteiger partial charge in [0.05, 0.1) is 11.3 Å². The highest BCUT2D eigenvalue weighted by Crippen LogP contribution is 2.32. The Balaban J connectivity index is 1.77. The summed E-state index contributed by atoms with van der Waals surface area (Å²) in [5.41, 5.74) is 3.11. The summed E-state index contributed by atoms with van der Waals surface area (Å²) in [6, 6.07) is 21.8. The third-order valence-corrected chi connectivity index (χ3v) is 5.62. The Labute approximate surface area is 170 Å². The maximum atomic E-state index is 9.62. The van der Waals surface area contributed by atoms with Crippen LogP contribution < -0.4 is 0 Å². The van der Waals surface area contributed by atoms with Gasteiger partial charge < -0.3 is 0 Å². The molecule has 0 spiro atoms. The van der Waals surface area contributed by atoms with Crippen molar-refractivity contribution < 1.29 is 0 Å². The van der Waals surface area contributed by atoms with Gasteiger partial charge in [-0.25, -0.2) is 4.98 Å². The van der Waals surface area contributed by atoms with Crippen molar-refractivity contribution in [2.75, 3.05) is 0 Å². The van der Waals surface area contributed by atoms with Crippen LogP contribution in [0.5, 0.6) is 0 Å². The van der Waals surface area contributed by atoms with E-state index in [1.165, 1.54) is 11.3 Å². The van der Waals surface area contributed by atoms with E-state index in [0.717, 1.165) is 27.6 Å². The van der Waals surface area contributed by atoms with Crippen molar-refractivity contribution in [2.45, 2.75) is 0 Å². The zero-order chi connectivity index (χ0) is 18.8. The molecule has 0 fully saturated rings. The standard InChI is InChI=1S/C22H12Cl2N2S/c23-17-9-8-15(20(24)11-17)10-16(12-25)22-26-21(13-27-22)19-7-3-5-14-4-1-2-6-18(14)19/h1-11,13H/b16-10+. The van der Waals surface area contributed by atoms with Crippen LogP contribution in [0.15, 0.2) is 66.0 Å². The average Bonchev–Trinajstić information content (AvgIpc) is 3.17. The van der Waals surface area contributed by atoms with Crippen LogP contribution in [0.4, 0.5) is 0 Å². The highest BCUT2D eigenvalue weighted by molar-refractivity contribution is 7.11. The molecule has 1 aromatic heterocycles. The van der Waals surface area contributed by atoms with E-state index in [2.05, 4.69) is 24.3 Å². The molecule has 0 radical (unpaired) electrons. The summed E-state index contributed by atoms with van der Waals surface area (Å²) < 4.78 is 0. The van der Waals surface area contributed by atoms with Gasteiger partial charge in [0.2, 0.25) is 0 Å². The van der Waals surface area contributed by atoms with E-state index < -0.39 is 0 Å². The Bertz CT molecular complexity index is 1210. The molecule has 4 aromatic rings. The summed E-state index contributed by atoms with van der Waals surface area (Å²) in [5, 5.41) is 15.6. The monoisotopic (exact) mass is 406 g/mol. The summed E-state index contributed by atoms with van der Waals surface area (Å²) in [4.78, 5) is 4.70. The van der Waals surface area contributed by atoms with Gasteiger partial charge >= 0.3 is 0 Å². The van der Waals surface area contributed by atoms with Gasteiger partial charge in [-0.15, -0.1) is 11.3 Å². The highest BCUT2D eigenvalue weighted by atomic mass is 35.5. The molecule has 0 aliphatic rings. The molecule has 0 aliphatic carbocycles. The number of nitrogens with zero attached hydrogens (tertiary/aromatic N) is 2. The zero-order valence-electron chi connectivity index (χ0n) is 14.0. The van der Waals surface area contributed by atoms with Gasteiger partial charge in [-0.2, -0.15) is 5.26 Å². The number of hydrogen-bond donors (Lipinski definition) is 0. The summed E-state index contributed by atoms with van der Waals surface area (Å²) in [6.45, 7) is 0. The number of benzene rings is 3. The lowest BCUT2D eigenvalue weighted by atomic mass is 10.0. The Morgan fingerprint density at radius 2 is 1.85 bits per heavy atom. The van der Waals surface area contributed by atoms with E-state index in [1.54, 1.807) is 24.3 Å². The highest BCUT2D eigenvalue weighted by Gasteiger charge is 2.12. The SMILES string of the molecule is N#C/C(=C\c1ccc(Cl)cc1Cl)c1nc(-c2cccc3ccccc23)cs1. The van der Waals surface area contributed by atoms with Crippen LogP contribution in [-0.4, -0.2) is 4.98 Å². The van der Waals surface area contributed by atoms with Crippen LogP contribution in [-0.2, 0) is 0 Å². The van der Waals surface area contributed by atoms with Crippen LogP contribution in [0.1, 0.15) is 10.6 Å². The Morgan fingerprint density at radius 3 is 2.67 bits per heavy atom. The van der Waals surface area contributed by atoms with Crippen LogP contribution in [0.2, 0.25) is 10.0 Å². The van der Waals surface area contributed by atoms with Crippen molar-refractivity contribution in [1.82, 2.24) is 4.98 Å². The van der Waals surface area contributed by atoms with E-state index >= 15 is 0 Å². The molecule has 130 valence electrons. The molecule has 0 unspecified atom stereocenters. The zero-order valence-corrected chi connectivity index (χ0v) is 16.3. The minimum absolute atomic E-state index is 0.468. The molecule has 2 nitrogen and oxygen atoms in total. The maximum absolute atomic E-state index is 9.62. The normalized spacial score (nSPS) is 11.5. The van der Waals surface area contributed by atoms with E-state index in [4.69, 9.17) is 28.2 Å². The minimum Gasteiger partial charge on any atom is -0.235 e. The molecular formula is C22H12Cl2N2S. The number of fused-ring (bicyclic) bond motifs is 1. The Morgan fingerprint density at radius 1 is 1.04 bits per heavy atom. The molecule has 0 saturated heterocycles. The van der Waals surface area contributed by atoms with Crippen LogP contribution in [0.25, 0.3) is 33.7 Å². The summed E-state index contributed by atoms with van der Waals surface area (Å²) in [5.74, 6) is 0. The molecular weight excluding hydrogens is 395 g/mol. The molecule has 0 bridgehead atoms. The smallest absolute Gasteiger partial charge is 0.134 e. The summed E-state index contributed by atoms with van der Waals surface area (Å²) >= 11 is 13.6. The molecule has 0 atom stereocenters. The minimum atomic E-state index is 0.468. The lowest BCUT2D eigenvalue weighted by Gasteiger charge is -2.03. The number of rotatable bonds is 3. The molecule has 0 amide bonds. The van der Waals surface area contributed by atoms with Crippen LogP contribution >= 0.6 is 34.5 Å². The average molecular weight is 407 g/mol. The second-order valence-corrected chi connectivity index (χ2v) is 7.60. The van der Waals surface area contributed by atoms with Gasteiger partial charge in [-0.05, 0) is 34.5 Å². The topological polar surface area (TPSA) is 36.7 Å². The van der Waals surface area contributed by atoms with Crippen LogP contribution in [0, 0.1) is 11.3 Å². The van der Waals surface area contributed by atoms with E-state index in [1.807, 2.05) is 29.6 Å².